The molecule has 0 radical (unpaired) electrons. The van der Waals surface area contributed by atoms with Crippen molar-refractivity contribution in [3.63, 3.8) is 0 Å². The second kappa shape index (κ2) is 6.93. The molecule has 7 nitrogen and oxygen atoms in total. The highest BCUT2D eigenvalue weighted by atomic mass is 35.5. The number of fused-ring (bicyclic) bond motifs is 3. The highest BCUT2D eigenvalue weighted by molar-refractivity contribution is 6.31. The minimum atomic E-state index is -0.0212. The summed E-state index contributed by atoms with van der Waals surface area (Å²) in [4.78, 5) is 20.2. The number of hydrogen-bond acceptors (Lipinski definition) is 4. The summed E-state index contributed by atoms with van der Waals surface area (Å²) in [7, 11) is 0. The minimum Gasteiger partial charge on any atom is -0.348 e. The normalized spacial score (nSPS) is 11.6. The summed E-state index contributed by atoms with van der Waals surface area (Å²) in [6.45, 7) is 3.94. The Labute approximate surface area is 154 Å². The van der Waals surface area contributed by atoms with Gasteiger partial charge in [-0.1, -0.05) is 11.6 Å². The summed E-state index contributed by atoms with van der Waals surface area (Å²) in [5, 5.41) is 12.7. The van der Waals surface area contributed by atoms with E-state index in [4.69, 9.17) is 11.6 Å². The number of benzene rings is 1. The molecule has 3 N–H and O–H groups in total. The topological polar surface area (TPSA) is 91.4 Å². The van der Waals surface area contributed by atoms with Crippen molar-refractivity contribution in [3.05, 3.63) is 57.5 Å². The van der Waals surface area contributed by atoms with Crippen LogP contribution in [0, 0.1) is 6.92 Å². The molecule has 0 aliphatic heterocycles. The fourth-order valence-electron chi connectivity index (χ4n) is 3.25. The molecule has 0 saturated carbocycles. The van der Waals surface area contributed by atoms with Gasteiger partial charge >= 0.3 is 0 Å². The third-order valence-electron chi connectivity index (χ3n) is 4.49. The summed E-state index contributed by atoms with van der Waals surface area (Å²) in [5.41, 5.74) is 2.28. The third kappa shape index (κ3) is 3.00. The van der Waals surface area contributed by atoms with Crippen molar-refractivity contribution >= 4 is 33.4 Å². The molecular weight excluding hydrogens is 352 g/mol. The number of nitrogens with one attached hydrogen (secondary N) is 3. The van der Waals surface area contributed by atoms with Gasteiger partial charge in [0.25, 0.3) is 5.56 Å². The van der Waals surface area contributed by atoms with Crippen molar-refractivity contribution in [1.29, 1.82) is 0 Å². The summed E-state index contributed by atoms with van der Waals surface area (Å²) < 4.78 is 1.81. The molecule has 0 fully saturated rings. The van der Waals surface area contributed by atoms with Gasteiger partial charge in [-0.05, 0) is 38.1 Å². The molecule has 0 unspecified atom stereocenters. The Bertz CT molecular complexity index is 1110. The zero-order chi connectivity index (χ0) is 18.1. The van der Waals surface area contributed by atoms with E-state index in [1.165, 1.54) is 0 Å². The molecule has 1 aromatic carbocycles. The second-order valence-electron chi connectivity index (χ2n) is 6.26. The Morgan fingerprint density at radius 1 is 1.35 bits per heavy atom. The second-order valence-corrected chi connectivity index (χ2v) is 6.69. The Morgan fingerprint density at radius 3 is 3.04 bits per heavy atom. The number of rotatable bonds is 6. The summed E-state index contributed by atoms with van der Waals surface area (Å²) in [6, 6.07) is 5.56. The van der Waals surface area contributed by atoms with E-state index >= 15 is 0 Å². The molecule has 0 spiro atoms. The first kappa shape index (κ1) is 16.8. The number of aryl methyl sites for hydroxylation is 2. The first-order valence-electron chi connectivity index (χ1n) is 8.51. The molecule has 4 aromatic rings. The van der Waals surface area contributed by atoms with E-state index in [0.29, 0.717) is 29.0 Å². The quantitative estimate of drug-likeness (QED) is 0.455. The van der Waals surface area contributed by atoms with E-state index in [1.807, 2.05) is 23.6 Å². The van der Waals surface area contributed by atoms with Crippen LogP contribution in [-0.2, 0) is 13.1 Å². The smallest absolute Gasteiger partial charge is 0.262 e. The molecule has 0 aliphatic rings. The molecule has 0 saturated heterocycles. The molecule has 134 valence electrons. The molecule has 26 heavy (non-hydrogen) atoms. The van der Waals surface area contributed by atoms with E-state index < -0.39 is 0 Å². The summed E-state index contributed by atoms with van der Waals surface area (Å²) in [6.07, 6.45) is 4.35. The van der Waals surface area contributed by atoms with Crippen molar-refractivity contribution < 1.29 is 0 Å². The number of nitrogens with zero attached hydrogens (tertiary/aromatic N) is 3. The highest BCUT2D eigenvalue weighted by Crippen LogP contribution is 2.25. The number of hydrogen-bond donors (Lipinski definition) is 3. The van der Waals surface area contributed by atoms with Crippen LogP contribution < -0.4 is 10.9 Å². The fourth-order valence-corrected chi connectivity index (χ4v) is 3.42. The van der Waals surface area contributed by atoms with Gasteiger partial charge in [0.2, 0.25) is 0 Å². The standard InChI is InChI=1S/C18H19ClN6O/c1-11-16-17(24-23-11)13-9-12(19)3-4-14(13)25(18(16)26)8-2-5-20-10-15-21-6-7-22-15/h3-4,6-7,9,20H,2,5,8,10H2,1H3,(H,21,22)(H,23,24). The van der Waals surface area contributed by atoms with Crippen molar-refractivity contribution in [2.45, 2.75) is 26.4 Å². The van der Waals surface area contributed by atoms with Crippen molar-refractivity contribution in [3.8, 4) is 0 Å². The fraction of sp³-hybridized carbons (Fsp3) is 0.278. The van der Waals surface area contributed by atoms with Crippen LogP contribution in [0.5, 0.6) is 0 Å². The predicted molar refractivity (Wildman–Crippen MR) is 103 cm³/mol. The number of imidazole rings is 1. The lowest BCUT2D eigenvalue weighted by Crippen LogP contribution is -2.24. The maximum atomic E-state index is 13.0. The van der Waals surface area contributed by atoms with Crippen molar-refractivity contribution in [2.24, 2.45) is 0 Å². The van der Waals surface area contributed by atoms with Crippen LogP contribution in [0.4, 0.5) is 0 Å². The predicted octanol–water partition coefficient (Wildman–Crippen LogP) is 2.74. The van der Waals surface area contributed by atoms with Crippen LogP contribution in [0.2, 0.25) is 5.02 Å². The molecule has 0 bridgehead atoms. The van der Waals surface area contributed by atoms with E-state index in [0.717, 1.165) is 35.4 Å². The highest BCUT2D eigenvalue weighted by Gasteiger charge is 2.15. The zero-order valence-electron chi connectivity index (χ0n) is 14.3. The number of aromatic amines is 2. The van der Waals surface area contributed by atoms with Gasteiger partial charge < -0.3 is 14.9 Å². The largest absolute Gasteiger partial charge is 0.348 e. The molecule has 0 atom stereocenters. The first-order valence-corrected chi connectivity index (χ1v) is 8.88. The molecule has 3 heterocycles. The van der Waals surface area contributed by atoms with E-state index in [2.05, 4.69) is 25.5 Å². The van der Waals surface area contributed by atoms with Gasteiger partial charge in [-0.3, -0.25) is 9.89 Å². The Morgan fingerprint density at radius 2 is 2.23 bits per heavy atom. The van der Waals surface area contributed by atoms with Gasteiger partial charge in [-0.25, -0.2) is 4.98 Å². The van der Waals surface area contributed by atoms with Gasteiger partial charge in [0.05, 0.1) is 17.4 Å². The Balaban J connectivity index is 1.61. The van der Waals surface area contributed by atoms with Gasteiger partial charge in [-0.15, -0.1) is 0 Å². The maximum absolute atomic E-state index is 13.0. The molecule has 0 amide bonds. The van der Waals surface area contributed by atoms with Crippen molar-refractivity contribution in [2.75, 3.05) is 6.54 Å². The number of aromatic nitrogens is 5. The SMILES string of the molecule is Cc1[nH]nc2c1c(=O)n(CCCNCc1ncc[nH]1)c1ccc(Cl)cc21. The van der Waals surface area contributed by atoms with Crippen LogP contribution >= 0.6 is 11.6 Å². The van der Waals surface area contributed by atoms with Crippen LogP contribution in [0.25, 0.3) is 21.8 Å². The zero-order valence-corrected chi connectivity index (χ0v) is 15.1. The van der Waals surface area contributed by atoms with Gasteiger partial charge in [0, 0.05) is 35.0 Å². The molecular formula is C18H19ClN6O. The van der Waals surface area contributed by atoms with Crippen molar-refractivity contribution in [1.82, 2.24) is 30.0 Å². The lowest BCUT2D eigenvalue weighted by Gasteiger charge is -2.12. The maximum Gasteiger partial charge on any atom is 0.262 e. The van der Waals surface area contributed by atoms with Crippen LogP contribution in [0.1, 0.15) is 17.9 Å². The average Bonchev–Trinajstić information content (AvgIpc) is 3.27. The van der Waals surface area contributed by atoms with E-state index in [-0.39, 0.29) is 5.56 Å². The van der Waals surface area contributed by atoms with Gasteiger partial charge in [0.1, 0.15) is 11.3 Å². The number of pyridine rings is 1. The molecule has 3 aromatic heterocycles. The van der Waals surface area contributed by atoms with Crippen LogP contribution in [0.3, 0.4) is 0 Å². The summed E-state index contributed by atoms with van der Waals surface area (Å²) in [5.74, 6) is 0.901. The molecule has 8 heteroatoms. The summed E-state index contributed by atoms with van der Waals surface area (Å²) >= 11 is 6.17. The molecule has 0 aliphatic carbocycles. The number of H-pyrrole nitrogens is 2. The van der Waals surface area contributed by atoms with E-state index in [9.17, 15) is 4.79 Å². The van der Waals surface area contributed by atoms with Gasteiger partial charge in [-0.2, -0.15) is 5.10 Å². The van der Waals surface area contributed by atoms with E-state index in [1.54, 1.807) is 18.5 Å². The lowest BCUT2D eigenvalue weighted by molar-refractivity contribution is 0.575. The molecule has 4 rings (SSSR count). The van der Waals surface area contributed by atoms with Gasteiger partial charge in [0.15, 0.2) is 0 Å². The average molecular weight is 371 g/mol. The minimum absolute atomic E-state index is 0.0212. The Kier molecular flexibility index (Phi) is 4.48. The number of halogens is 1. The first-order chi connectivity index (χ1) is 12.6. The third-order valence-corrected chi connectivity index (χ3v) is 4.73. The lowest BCUT2D eigenvalue weighted by atomic mass is 10.1. The van der Waals surface area contributed by atoms with Crippen LogP contribution in [0.15, 0.2) is 35.4 Å². The Hall–Kier alpha value is -2.64. The monoisotopic (exact) mass is 370 g/mol. The van der Waals surface area contributed by atoms with Crippen LogP contribution in [-0.4, -0.2) is 31.3 Å².